The van der Waals surface area contributed by atoms with Gasteiger partial charge in [-0.3, -0.25) is 9.20 Å². The summed E-state index contributed by atoms with van der Waals surface area (Å²) in [5, 5.41) is 6.72. The van der Waals surface area contributed by atoms with Gasteiger partial charge in [0.1, 0.15) is 23.8 Å². The number of hydrogen-bond donors (Lipinski definition) is 1. The van der Waals surface area contributed by atoms with E-state index in [1.54, 1.807) is 35.7 Å². The number of methoxy groups -OCH3 is 1. The Labute approximate surface area is 204 Å². The van der Waals surface area contributed by atoms with Gasteiger partial charge in [0.05, 0.1) is 18.7 Å². The summed E-state index contributed by atoms with van der Waals surface area (Å²) >= 11 is 0. The number of halogens is 1. The number of fused-ring (bicyclic) bond motifs is 1. The summed E-state index contributed by atoms with van der Waals surface area (Å²) < 4.78 is 31.7. The number of imidazole rings is 1. The number of likely N-dealkylation sites (tertiary alicyclic amines) is 1. The molecule has 4 aromatic rings. The van der Waals surface area contributed by atoms with Gasteiger partial charge >= 0.3 is 6.09 Å². The molecule has 0 unspecified atom stereocenters. The van der Waals surface area contributed by atoms with Crippen LogP contribution in [0.15, 0.2) is 47.2 Å². The normalized spacial score (nSPS) is 13.6. The van der Waals surface area contributed by atoms with Crippen molar-refractivity contribution in [1.29, 1.82) is 0 Å². The molecule has 186 valence electrons. The largest absolute Gasteiger partial charge is 0.447 e. The van der Waals surface area contributed by atoms with Crippen LogP contribution < -0.4 is 5.32 Å². The minimum Gasteiger partial charge on any atom is -0.447 e. The third-order valence-corrected chi connectivity index (χ3v) is 5.94. The van der Waals surface area contributed by atoms with Crippen molar-refractivity contribution in [3.05, 3.63) is 65.7 Å². The van der Waals surface area contributed by atoms with Crippen molar-refractivity contribution < 1.29 is 28.0 Å². The van der Waals surface area contributed by atoms with E-state index >= 15 is 0 Å². The summed E-state index contributed by atoms with van der Waals surface area (Å²) in [6.07, 6.45) is 2.75. The summed E-state index contributed by atoms with van der Waals surface area (Å²) in [6, 6.07) is 8.27. The van der Waals surface area contributed by atoms with Gasteiger partial charge in [-0.25, -0.2) is 14.2 Å². The van der Waals surface area contributed by atoms with E-state index in [2.05, 4.69) is 20.4 Å². The molecular weight excluding hydrogens is 471 g/mol. The lowest BCUT2D eigenvalue weighted by Gasteiger charge is -2.35. The molecule has 4 heterocycles. The highest BCUT2D eigenvalue weighted by molar-refractivity contribution is 6.04. The number of rotatable bonds is 7. The van der Waals surface area contributed by atoms with E-state index in [1.165, 1.54) is 24.3 Å². The molecule has 0 atom stereocenters. The molecule has 0 saturated carbocycles. The Bertz CT molecular complexity index is 1430. The van der Waals surface area contributed by atoms with Gasteiger partial charge in [-0.1, -0.05) is 11.2 Å². The van der Waals surface area contributed by atoms with Gasteiger partial charge in [0.25, 0.3) is 5.91 Å². The Hall–Kier alpha value is -4.32. The maximum Gasteiger partial charge on any atom is 0.409 e. The number of carbonyl (C=O) groups is 2. The van der Waals surface area contributed by atoms with E-state index in [0.717, 1.165) is 0 Å². The lowest BCUT2D eigenvalue weighted by Crippen LogP contribution is -2.49. The quantitative estimate of drug-likeness (QED) is 0.388. The van der Waals surface area contributed by atoms with Crippen LogP contribution >= 0.6 is 0 Å². The van der Waals surface area contributed by atoms with E-state index in [-0.39, 0.29) is 29.6 Å². The van der Waals surface area contributed by atoms with Crippen molar-refractivity contribution in [2.45, 2.75) is 12.8 Å². The highest BCUT2D eigenvalue weighted by atomic mass is 19.1. The summed E-state index contributed by atoms with van der Waals surface area (Å²) in [4.78, 5) is 35.0. The average Bonchev–Trinajstić information content (AvgIpc) is 3.49. The van der Waals surface area contributed by atoms with Gasteiger partial charge in [-0.2, -0.15) is 4.98 Å². The summed E-state index contributed by atoms with van der Waals surface area (Å²) in [5.74, 6) is -0.598. The molecule has 1 aliphatic rings. The molecule has 11 nitrogen and oxygen atoms in total. The van der Waals surface area contributed by atoms with E-state index in [9.17, 15) is 14.0 Å². The number of nitrogens with one attached hydrogen (secondary N) is 1. The van der Waals surface area contributed by atoms with Gasteiger partial charge in [0, 0.05) is 43.2 Å². The smallest absolute Gasteiger partial charge is 0.409 e. The Balaban J connectivity index is 1.29. The van der Waals surface area contributed by atoms with Crippen molar-refractivity contribution in [3.63, 3.8) is 0 Å². The van der Waals surface area contributed by atoms with E-state index < -0.39 is 17.8 Å². The van der Waals surface area contributed by atoms with E-state index in [4.69, 9.17) is 14.0 Å². The third-order valence-electron chi connectivity index (χ3n) is 5.94. The third kappa shape index (κ3) is 4.50. The number of aromatic nitrogens is 4. The van der Waals surface area contributed by atoms with Crippen LogP contribution in [0.5, 0.6) is 0 Å². The standard InChI is InChI=1S/C24H23FN6O5/c1-14-17(25)9-15(10-18(14)27-22(32)19-11-26-20-5-3-4-6-31(19)20)21-28-23(36-29-21)16-12-30(13-16)24(33)35-8-7-34-2/h3-6,9-11,16H,7-8,12-13H2,1-2H3,(H,27,32). The molecule has 1 aromatic carbocycles. The molecule has 1 aliphatic heterocycles. The van der Waals surface area contributed by atoms with Crippen LogP contribution in [-0.2, 0) is 9.47 Å². The maximum absolute atomic E-state index is 14.8. The molecule has 1 saturated heterocycles. The molecular formula is C24H23FN6O5. The van der Waals surface area contributed by atoms with Crippen molar-refractivity contribution >= 4 is 23.3 Å². The highest BCUT2D eigenvalue weighted by Crippen LogP contribution is 2.30. The van der Waals surface area contributed by atoms with Crippen LogP contribution in [0.2, 0.25) is 0 Å². The molecule has 0 radical (unpaired) electrons. The van der Waals surface area contributed by atoms with Crippen molar-refractivity contribution in [2.75, 3.05) is 38.7 Å². The molecule has 0 bridgehead atoms. The van der Waals surface area contributed by atoms with Crippen molar-refractivity contribution in [1.82, 2.24) is 24.4 Å². The van der Waals surface area contributed by atoms with E-state index in [0.29, 0.717) is 42.5 Å². The number of pyridine rings is 1. The van der Waals surface area contributed by atoms with Crippen molar-refractivity contribution in [2.24, 2.45) is 0 Å². The Morgan fingerprint density at radius 1 is 1.25 bits per heavy atom. The van der Waals surface area contributed by atoms with Crippen LogP contribution in [0, 0.1) is 12.7 Å². The zero-order valence-corrected chi connectivity index (χ0v) is 19.6. The lowest BCUT2D eigenvalue weighted by molar-refractivity contribution is 0.0468. The number of nitrogens with zero attached hydrogens (tertiary/aromatic N) is 5. The van der Waals surface area contributed by atoms with E-state index in [1.807, 2.05) is 6.07 Å². The summed E-state index contributed by atoms with van der Waals surface area (Å²) in [5.41, 5.74) is 1.83. The predicted octanol–water partition coefficient (Wildman–Crippen LogP) is 3.27. The van der Waals surface area contributed by atoms with Gasteiger partial charge in [-0.05, 0) is 31.2 Å². The fraction of sp³-hybridized carbons (Fsp3) is 0.292. The van der Waals surface area contributed by atoms with Crippen LogP contribution in [0.4, 0.5) is 14.9 Å². The molecule has 1 fully saturated rings. The first-order chi connectivity index (χ1) is 17.4. The number of anilines is 1. The number of ether oxygens (including phenoxy) is 2. The summed E-state index contributed by atoms with van der Waals surface area (Å²) in [7, 11) is 1.53. The zero-order valence-electron chi connectivity index (χ0n) is 19.6. The Kier molecular flexibility index (Phi) is 6.34. The highest BCUT2D eigenvalue weighted by Gasteiger charge is 2.36. The number of amides is 2. The minimum atomic E-state index is -0.527. The first kappa shape index (κ1) is 23.4. The van der Waals surface area contributed by atoms with Gasteiger partial charge in [0.2, 0.25) is 11.7 Å². The molecule has 0 aliphatic carbocycles. The average molecular weight is 494 g/mol. The molecule has 36 heavy (non-hydrogen) atoms. The monoisotopic (exact) mass is 494 g/mol. The second-order valence-electron chi connectivity index (χ2n) is 8.32. The first-order valence-corrected chi connectivity index (χ1v) is 11.2. The zero-order chi connectivity index (χ0) is 25.2. The minimum absolute atomic E-state index is 0.147. The molecule has 12 heteroatoms. The van der Waals surface area contributed by atoms with Crippen LogP contribution in [0.1, 0.15) is 27.9 Å². The fourth-order valence-corrected chi connectivity index (χ4v) is 3.83. The second-order valence-corrected chi connectivity index (χ2v) is 8.32. The maximum atomic E-state index is 14.8. The molecule has 0 spiro atoms. The Morgan fingerprint density at radius 3 is 2.89 bits per heavy atom. The molecule has 1 N–H and O–H groups in total. The van der Waals surface area contributed by atoms with Crippen LogP contribution in [0.3, 0.4) is 0 Å². The predicted molar refractivity (Wildman–Crippen MR) is 125 cm³/mol. The summed E-state index contributed by atoms with van der Waals surface area (Å²) in [6.45, 7) is 2.81. The molecule has 5 rings (SSSR count). The van der Waals surface area contributed by atoms with Crippen LogP contribution in [0.25, 0.3) is 17.0 Å². The molecule has 2 amide bonds. The number of hydrogen-bond acceptors (Lipinski definition) is 8. The molecule has 3 aromatic heterocycles. The van der Waals surface area contributed by atoms with Gasteiger partial charge < -0.3 is 24.2 Å². The number of carbonyl (C=O) groups excluding carboxylic acids is 2. The SMILES string of the molecule is COCCOC(=O)N1CC(c2nc(-c3cc(F)c(C)c(NC(=O)c4cnc5ccccn45)c3)no2)C1. The second kappa shape index (κ2) is 9.74. The fourth-order valence-electron chi connectivity index (χ4n) is 3.83. The van der Waals surface area contributed by atoms with Gasteiger partial charge in [-0.15, -0.1) is 0 Å². The Morgan fingerprint density at radius 2 is 2.08 bits per heavy atom. The van der Waals surface area contributed by atoms with Crippen LogP contribution in [-0.4, -0.2) is 69.8 Å². The topological polar surface area (TPSA) is 124 Å². The van der Waals surface area contributed by atoms with Gasteiger partial charge in [0.15, 0.2) is 0 Å². The number of benzene rings is 1. The lowest BCUT2D eigenvalue weighted by atomic mass is 10.0. The first-order valence-electron chi connectivity index (χ1n) is 11.2. The van der Waals surface area contributed by atoms with Crippen molar-refractivity contribution in [3.8, 4) is 11.4 Å².